The van der Waals surface area contributed by atoms with Gasteiger partial charge in [0.1, 0.15) is 24.0 Å². The Labute approximate surface area is 164 Å². The van der Waals surface area contributed by atoms with Gasteiger partial charge in [-0.05, 0) is 55.0 Å². The first-order valence-corrected chi connectivity index (χ1v) is 8.69. The fourth-order valence-corrected chi connectivity index (χ4v) is 2.36. The lowest BCUT2D eigenvalue weighted by Gasteiger charge is -2.10. The third kappa shape index (κ3) is 5.64. The molecule has 0 unspecified atom stereocenters. The molecular formula is C22H22N2O4. The molecule has 144 valence electrons. The molecule has 0 aliphatic rings. The van der Waals surface area contributed by atoms with E-state index < -0.39 is 5.91 Å². The molecule has 0 atom stereocenters. The molecule has 0 aliphatic heterocycles. The van der Waals surface area contributed by atoms with E-state index in [9.17, 15) is 10.1 Å². The molecule has 0 spiro atoms. The van der Waals surface area contributed by atoms with Crippen molar-refractivity contribution in [2.75, 3.05) is 25.6 Å². The highest BCUT2D eigenvalue weighted by molar-refractivity contribution is 6.09. The highest BCUT2D eigenvalue weighted by Gasteiger charge is 2.11. The zero-order chi connectivity index (χ0) is 20.4. The lowest BCUT2D eigenvalue weighted by molar-refractivity contribution is -0.112. The van der Waals surface area contributed by atoms with Gasteiger partial charge in [0.15, 0.2) is 11.5 Å². The second kappa shape index (κ2) is 10.4. The summed E-state index contributed by atoms with van der Waals surface area (Å²) in [5.74, 6) is 1.26. The fraction of sp³-hybridized carbons (Fsp3) is 0.182. The maximum absolute atomic E-state index is 12.4. The number of nitrogens with zero attached hydrogens (tertiary/aromatic N) is 1. The standard InChI is InChI=1S/C22H22N2O4/c1-4-12-28-20-11-6-16(14-21(20)26-3)13-17(15-23)22(25)24-18-7-9-19(10-8-18)27-5-2/h4,6-11,13-14H,1,5,12H2,2-3H3,(H,24,25). The van der Waals surface area contributed by atoms with Gasteiger partial charge < -0.3 is 19.5 Å². The summed E-state index contributed by atoms with van der Waals surface area (Å²) >= 11 is 0. The van der Waals surface area contributed by atoms with Crippen LogP contribution in [0.25, 0.3) is 6.08 Å². The third-order valence-electron chi connectivity index (χ3n) is 3.64. The number of carbonyl (C=O) groups excluding carboxylic acids is 1. The molecular weight excluding hydrogens is 356 g/mol. The van der Waals surface area contributed by atoms with Crippen LogP contribution >= 0.6 is 0 Å². The van der Waals surface area contributed by atoms with E-state index >= 15 is 0 Å². The van der Waals surface area contributed by atoms with Gasteiger partial charge in [-0.15, -0.1) is 0 Å². The lowest BCUT2D eigenvalue weighted by Crippen LogP contribution is -2.13. The summed E-state index contributed by atoms with van der Waals surface area (Å²) in [7, 11) is 1.52. The van der Waals surface area contributed by atoms with Crippen LogP contribution in [0.4, 0.5) is 5.69 Å². The van der Waals surface area contributed by atoms with E-state index in [-0.39, 0.29) is 5.57 Å². The Hall–Kier alpha value is -3.72. The van der Waals surface area contributed by atoms with Crippen molar-refractivity contribution in [2.45, 2.75) is 6.92 Å². The Morgan fingerprint density at radius 1 is 1.18 bits per heavy atom. The zero-order valence-corrected chi connectivity index (χ0v) is 15.9. The van der Waals surface area contributed by atoms with Gasteiger partial charge in [-0.25, -0.2) is 0 Å². The Morgan fingerprint density at radius 3 is 2.54 bits per heavy atom. The van der Waals surface area contributed by atoms with E-state index in [0.717, 1.165) is 0 Å². The van der Waals surface area contributed by atoms with Crippen molar-refractivity contribution in [3.05, 3.63) is 66.3 Å². The van der Waals surface area contributed by atoms with Crippen LogP contribution in [0.3, 0.4) is 0 Å². The van der Waals surface area contributed by atoms with Crippen LogP contribution in [-0.2, 0) is 4.79 Å². The Bertz CT molecular complexity index is 896. The average molecular weight is 378 g/mol. The van der Waals surface area contributed by atoms with Crippen LogP contribution < -0.4 is 19.5 Å². The molecule has 0 saturated carbocycles. The monoisotopic (exact) mass is 378 g/mol. The van der Waals surface area contributed by atoms with Crippen LogP contribution in [0, 0.1) is 11.3 Å². The first kappa shape index (κ1) is 20.6. The summed E-state index contributed by atoms with van der Waals surface area (Å²) in [5.41, 5.74) is 1.18. The van der Waals surface area contributed by atoms with Crippen molar-refractivity contribution in [1.29, 1.82) is 5.26 Å². The smallest absolute Gasteiger partial charge is 0.266 e. The maximum Gasteiger partial charge on any atom is 0.266 e. The quantitative estimate of drug-likeness (QED) is 0.402. The Morgan fingerprint density at radius 2 is 1.93 bits per heavy atom. The molecule has 0 aromatic heterocycles. The van der Waals surface area contributed by atoms with E-state index in [1.807, 2.05) is 13.0 Å². The highest BCUT2D eigenvalue weighted by Crippen LogP contribution is 2.29. The minimum atomic E-state index is -0.502. The number of methoxy groups -OCH3 is 1. The minimum Gasteiger partial charge on any atom is -0.494 e. The molecule has 1 N–H and O–H groups in total. The molecule has 0 bridgehead atoms. The summed E-state index contributed by atoms with van der Waals surface area (Å²) < 4.78 is 16.2. The molecule has 28 heavy (non-hydrogen) atoms. The molecule has 6 heteroatoms. The number of carbonyl (C=O) groups is 1. The van der Waals surface area contributed by atoms with Crippen LogP contribution in [0.5, 0.6) is 17.2 Å². The minimum absolute atomic E-state index is 0.0318. The third-order valence-corrected chi connectivity index (χ3v) is 3.64. The molecule has 0 heterocycles. The van der Waals surface area contributed by atoms with Crippen LogP contribution in [0.1, 0.15) is 12.5 Å². The number of ether oxygens (including phenoxy) is 3. The van der Waals surface area contributed by atoms with Crippen molar-refractivity contribution < 1.29 is 19.0 Å². The fourth-order valence-electron chi connectivity index (χ4n) is 2.36. The number of nitrogens with one attached hydrogen (secondary N) is 1. The number of rotatable bonds is 9. The topological polar surface area (TPSA) is 80.6 Å². The van der Waals surface area contributed by atoms with E-state index in [4.69, 9.17) is 14.2 Å². The number of benzene rings is 2. The van der Waals surface area contributed by atoms with Crippen LogP contribution in [-0.4, -0.2) is 26.2 Å². The van der Waals surface area contributed by atoms with Crippen molar-refractivity contribution in [2.24, 2.45) is 0 Å². The van der Waals surface area contributed by atoms with Crippen molar-refractivity contribution in [1.82, 2.24) is 0 Å². The molecule has 0 saturated heterocycles. The lowest BCUT2D eigenvalue weighted by atomic mass is 10.1. The van der Waals surface area contributed by atoms with E-state index in [2.05, 4.69) is 11.9 Å². The predicted molar refractivity (Wildman–Crippen MR) is 109 cm³/mol. The van der Waals surface area contributed by atoms with E-state index in [1.54, 1.807) is 48.5 Å². The molecule has 2 aromatic rings. The van der Waals surface area contributed by atoms with Gasteiger partial charge in [-0.2, -0.15) is 5.26 Å². The number of anilines is 1. The first-order chi connectivity index (χ1) is 13.6. The first-order valence-electron chi connectivity index (χ1n) is 8.69. The second-order valence-corrected chi connectivity index (χ2v) is 5.59. The van der Waals surface area contributed by atoms with E-state index in [0.29, 0.717) is 41.7 Å². The van der Waals surface area contributed by atoms with Gasteiger partial charge in [0.2, 0.25) is 0 Å². The van der Waals surface area contributed by atoms with Gasteiger partial charge in [-0.3, -0.25) is 4.79 Å². The van der Waals surface area contributed by atoms with Gasteiger partial charge in [0, 0.05) is 5.69 Å². The summed E-state index contributed by atoms with van der Waals surface area (Å²) in [4.78, 5) is 12.4. The maximum atomic E-state index is 12.4. The summed E-state index contributed by atoms with van der Waals surface area (Å²) in [6.45, 7) is 6.41. The SMILES string of the molecule is C=CCOc1ccc(C=C(C#N)C(=O)Nc2ccc(OCC)cc2)cc1OC. The van der Waals surface area contributed by atoms with Crippen molar-refractivity contribution >= 4 is 17.7 Å². The molecule has 0 aliphatic carbocycles. The zero-order valence-electron chi connectivity index (χ0n) is 15.9. The highest BCUT2D eigenvalue weighted by atomic mass is 16.5. The molecule has 2 aromatic carbocycles. The Kier molecular flexibility index (Phi) is 7.67. The van der Waals surface area contributed by atoms with Gasteiger partial charge >= 0.3 is 0 Å². The van der Waals surface area contributed by atoms with Crippen LogP contribution in [0.2, 0.25) is 0 Å². The molecule has 0 radical (unpaired) electrons. The number of nitriles is 1. The predicted octanol–water partition coefficient (Wildman–Crippen LogP) is 4.20. The van der Waals surface area contributed by atoms with Crippen molar-refractivity contribution in [3.63, 3.8) is 0 Å². The summed E-state index contributed by atoms with van der Waals surface area (Å²) in [5, 5.41) is 12.1. The van der Waals surface area contributed by atoms with Gasteiger partial charge in [0.05, 0.1) is 13.7 Å². The molecule has 6 nitrogen and oxygen atoms in total. The second-order valence-electron chi connectivity index (χ2n) is 5.59. The largest absolute Gasteiger partial charge is 0.494 e. The van der Waals surface area contributed by atoms with Crippen molar-refractivity contribution in [3.8, 4) is 23.3 Å². The molecule has 2 rings (SSSR count). The van der Waals surface area contributed by atoms with E-state index in [1.165, 1.54) is 13.2 Å². The Balaban J connectivity index is 2.16. The normalized spacial score (nSPS) is 10.5. The summed E-state index contributed by atoms with van der Waals surface area (Å²) in [6.07, 6.45) is 3.12. The van der Waals surface area contributed by atoms with Gasteiger partial charge in [-0.1, -0.05) is 18.7 Å². The van der Waals surface area contributed by atoms with Gasteiger partial charge in [0.25, 0.3) is 5.91 Å². The summed E-state index contributed by atoms with van der Waals surface area (Å²) in [6, 6.07) is 14.0. The van der Waals surface area contributed by atoms with Crippen LogP contribution in [0.15, 0.2) is 60.7 Å². The number of hydrogen-bond acceptors (Lipinski definition) is 5. The number of amides is 1. The molecule has 1 amide bonds. The average Bonchev–Trinajstić information content (AvgIpc) is 2.72. The number of hydrogen-bond donors (Lipinski definition) is 1. The molecule has 0 fully saturated rings.